The summed E-state index contributed by atoms with van der Waals surface area (Å²) in [4.78, 5) is 0. The number of rotatable bonds is 7. The normalized spacial score (nSPS) is 18.0. The lowest BCUT2D eigenvalue weighted by Gasteiger charge is -2.43. The molecular formula is C16H24ClNO3. The second kappa shape index (κ2) is 6.86. The van der Waals surface area contributed by atoms with Gasteiger partial charge in [0.25, 0.3) is 0 Å². The highest BCUT2D eigenvalue weighted by Gasteiger charge is 2.39. The van der Waals surface area contributed by atoms with Crippen LogP contribution in [0.25, 0.3) is 0 Å². The molecule has 21 heavy (non-hydrogen) atoms. The van der Waals surface area contributed by atoms with Gasteiger partial charge in [0.2, 0.25) is 0 Å². The van der Waals surface area contributed by atoms with E-state index in [4.69, 9.17) is 25.8 Å². The smallest absolute Gasteiger partial charge is 0.146 e. The van der Waals surface area contributed by atoms with Crippen molar-refractivity contribution in [2.45, 2.75) is 37.3 Å². The van der Waals surface area contributed by atoms with E-state index in [1.165, 1.54) is 6.42 Å². The molecule has 0 radical (unpaired) electrons. The fourth-order valence-corrected chi connectivity index (χ4v) is 3.32. The van der Waals surface area contributed by atoms with Crippen molar-refractivity contribution in [3.8, 4) is 11.5 Å². The first-order valence-electron chi connectivity index (χ1n) is 7.23. The molecule has 0 aromatic heterocycles. The molecule has 1 unspecified atom stereocenters. The predicted molar refractivity (Wildman–Crippen MR) is 84.6 cm³/mol. The number of hydrogen-bond donors (Lipinski definition) is 1. The summed E-state index contributed by atoms with van der Waals surface area (Å²) in [7, 11) is 6.98. The maximum Gasteiger partial charge on any atom is 0.146 e. The number of benzene rings is 1. The molecule has 0 amide bonds. The van der Waals surface area contributed by atoms with Gasteiger partial charge >= 0.3 is 0 Å². The van der Waals surface area contributed by atoms with Crippen LogP contribution in [0.5, 0.6) is 11.5 Å². The summed E-state index contributed by atoms with van der Waals surface area (Å²) < 4.78 is 16.5. The maximum atomic E-state index is 6.36. The standard InChI is InChI=1S/C16H24ClNO3/c1-18-12(10-16(21-4)8-5-9-16)11-6-7-13(19-2)14(17)15(11)20-3/h6-7,12,18H,5,8-10H2,1-4H3. The Morgan fingerprint density at radius 1 is 1.24 bits per heavy atom. The van der Waals surface area contributed by atoms with E-state index in [0.29, 0.717) is 16.5 Å². The average Bonchev–Trinajstić information content (AvgIpc) is 2.47. The zero-order valence-electron chi connectivity index (χ0n) is 13.2. The number of hydrogen-bond acceptors (Lipinski definition) is 4. The Morgan fingerprint density at radius 3 is 2.38 bits per heavy atom. The topological polar surface area (TPSA) is 39.7 Å². The van der Waals surface area contributed by atoms with E-state index in [1.54, 1.807) is 21.3 Å². The molecule has 1 atom stereocenters. The van der Waals surface area contributed by atoms with Gasteiger partial charge in [0.1, 0.15) is 16.5 Å². The van der Waals surface area contributed by atoms with Crippen molar-refractivity contribution < 1.29 is 14.2 Å². The second-order valence-corrected chi connectivity index (χ2v) is 5.87. The van der Waals surface area contributed by atoms with E-state index in [-0.39, 0.29) is 11.6 Å². The third-order valence-corrected chi connectivity index (χ3v) is 4.87. The Bertz CT molecular complexity index is 483. The summed E-state index contributed by atoms with van der Waals surface area (Å²) >= 11 is 6.36. The second-order valence-electron chi connectivity index (χ2n) is 5.49. The summed E-state index contributed by atoms with van der Waals surface area (Å²) in [5, 5.41) is 3.87. The third kappa shape index (κ3) is 3.12. The van der Waals surface area contributed by atoms with E-state index in [2.05, 4.69) is 5.32 Å². The van der Waals surface area contributed by atoms with Crippen LogP contribution >= 0.6 is 11.6 Å². The molecule has 1 saturated carbocycles. The molecule has 4 nitrogen and oxygen atoms in total. The van der Waals surface area contributed by atoms with Crippen molar-refractivity contribution in [2.75, 3.05) is 28.4 Å². The molecule has 1 aromatic rings. The van der Waals surface area contributed by atoms with Gasteiger partial charge < -0.3 is 19.5 Å². The molecule has 1 aliphatic rings. The zero-order valence-corrected chi connectivity index (χ0v) is 13.9. The summed E-state index contributed by atoms with van der Waals surface area (Å²) in [6, 6.07) is 4.01. The highest BCUT2D eigenvalue weighted by atomic mass is 35.5. The Balaban J connectivity index is 2.31. The lowest BCUT2D eigenvalue weighted by Crippen LogP contribution is -2.42. The molecule has 0 bridgehead atoms. The lowest BCUT2D eigenvalue weighted by molar-refractivity contribution is -0.0835. The SMILES string of the molecule is CNC(CC1(OC)CCC1)c1ccc(OC)c(Cl)c1OC. The first-order chi connectivity index (χ1) is 10.1. The minimum Gasteiger partial charge on any atom is -0.495 e. The predicted octanol–water partition coefficient (Wildman–Crippen LogP) is 3.58. The van der Waals surface area contributed by atoms with Crippen molar-refractivity contribution in [1.29, 1.82) is 0 Å². The van der Waals surface area contributed by atoms with Crippen LogP contribution in [-0.4, -0.2) is 34.0 Å². The van der Waals surface area contributed by atoms with Crippen LogP contribution in [-0.2, 0) is 4.74 Å². The van der Waals surface area contributed by atoms with Gasteiger partial charge in [-0.3, -0.25) is 0 Å². The third-order valence-electron chi connectivity index (χ3n) is 4.51. The van der Waals surface area contributed by atoms with E-state index in [1.807, 2.05) is 19.2 Å². The number of nitrogens with one attached hydrogen (secondary N) is 1. The summed E-state index contributed by atoms with van der Waals surface area (Å²) in [6.07, 6.45) is 4.34. The highest BCUT2D eigenvalue weighted by Crippen LogP contribution is 2.45. The van der Waals surface area contributed by atoms with Gasteiger partial charge in [-0.25, -0.2) is 0 Å². The van der Waals surface area contributed by atoms with Gasteiger partial charge in [-0.05, 0) is 44.9 Å². The summed E-state index contributed by atoms with van der Waals surface area (Å²) in [5.74, 6) is 1.29. The number of halogens is 1. The van der Waals surface area contributed by atoms with E-state index < -0.39 is 0 Å². The Morgan fingerprint density at radius 2 is 1.95 bits per heavy atom. The van der Waals surface area contributed by atoms with Crippen LogP contribution in [0.3, 0.4) is 0 Å². The van der Waals surface area contributed by atoms with Gasteiger partial charge in [0, 0.05) is 18.7 Å². The molecular weight excluding hydrogens is 290 g/mol. The van der Waals surface area contributed by atoms with Crippen LogP contribution in [0.4, 0.5) is 0 Å². The minimum absolute atomic E-state index is 0.0227. The molecule has 0 aliphatic heterocycles. The van der Waals surface area contributed by atoms with Gasteiger partial charge in [0.15, 0.2) is 0 Å². The molecule has 118 valence electrons. The zero-order chi connectivity index (χ0) is 15.5. The van der Waals surface area contributed by atoms with Crippen molar-refractivity contribution in [3.63, 3.8) is 0 Å². The quantitative estimate of drug-likeness (QED) is 0.835. The van der Waals surface area contributed by atoms with E-state index in [9.17, 15) is 0 Å². The van der Waals surface area contributed by atoms with Crippen molar-refractivity contribution in [3.05, 3.63) is 22.7 Å². The summed E-state index contributed by atoms with van der Waals surface area (Å²) in [5.41, 5.74) is 1.01. The Labute approximate surface area is 131 Å². The fourth-order valence-electron chi connectivity index (χ4n) is 2.99. The molecule has 1 aliphatic carbocycles. The van der Waals surface area contributed by atoms with Gasteiger partial charge in [-0.15, -0.1) is 0 Å². The molecule has 0 spiro atoms. The number of methoxy groups -OCH3 is 3. The van der Waals surface area contributed by atoms with Crippen molar-refractivity contribution in [2.24, 2.45) is 0 Å². The van der Waals surface area contributed by atoms with Crippen LogP contribution in [0.2, 0.25) is 5.02 Å². The molecule has 2 rings (SSSR count). The highest BCUT2D eigenvalue weighted by molar-refractivity contribution is 6.33. The first-order valence-corrected chi connectivity index (χ1v) is 7.61. The maximum absolute atomic E-state index is 6.36. The lowest BCUT2D eigenvalue weighted by atomic mass is 9.74. The van der Waals surface area contributed by atoms with Gasteiger partial charge in [-0.2, -0.15) is 0 Å². The Kier molecular flexibility index (Phi) is 5.36. The molecule has 1 fully saturated rings. The summed E-state index contributed by atoms with van der Waals surface area (Å²) in [6.45, 7) is 0. The molecule has 1 N–H and O–H groups in total. The van der Waals surface area contributed by atoms with Crippen LogP contribution in [0, 0.1) is 0 Å². The largest absolute Gasteiger partial charge is 0.495 e. The van der Waals surface area contributed by atoms with E-state index in [0.717, 1.165) is 24.8 Å². The molecule has 1 aromatic carbocycles. The van der Waals surface area contributed by atoms with Gasteiger partial charge in [-0.1, -0.05) is 11.6 Å². The van der Waals surface area contributed by atoms with Crippen LogP contribution < -0.4 is 14.8 Å². The van der Waals surface area contributed by atoms with Crippen LogP contribution in [0.15, 0.2) is 12.1 Å². The van der Waals surface area contributed by atoms with Crippen molar-refractivity contribution in [1.82, 2.24) is 5.32 Å². The number of ether oxygens (including phenoxy) is 3. The van der Waals surface area contributed by atoms with Crippen molar-refractivity contribution >= 4 is 11.6 Å². The fraction of sp³-hybridized carbons (Fsp3) is 0.625. The molecule has 0 heterocycles. The average molecular weight is 314 g/mol. The monoisotopic (exact) mass is 313 g/mol. The minimum atomic E-state index is -0.0227. The van der Waals surface area contributed by atoms with Gasteiger partial charge in [0.05, 0.1) is 19.8 Å². The first kappa shape index (κ1) is 16.4. The molecule has 5 heteroatoms. The van der Waals surface area contributed by atoms with Crippen LogP contribution in [0.1, 0.15) is 37.3 Å². The molecule has 0 saturated heterocycles. The van der Waals surface area contributed by atoms with E-state index >= 15 is 0 Å². The Hall–Kier alpha value is -0.970.